The van der Waals surface area contributed by atoms with Crippen molar-refractivity contribution in [3.8, 4) is 33.4 Å². The molecule has 10 rings (SSSR count). The Labute approximate surface area is 280 Å². The van der Waals surface area contributed by atoms with Crippen molar-refractivity contribution < 1.29 is 0 Å². The van der Waals surface area contributed by atoms with Crippen molar-refractivity contribution in [3.05, 3.63) is 151 Å². The smallest absolute Gasteiger partial charge is 0.0464 e. The van der Waals surface area contributed by atoms with Crippen molar-refractivity contribution in [1.82, 2.24) is 0 Å². The molecule has 0 N–H and O–H groups in total. The summed E-state index contributed by atoms with van der Waals surface area (Å²) < 4.78 is 5.43. The van der Waals surface area contributed by atoms with Crippen LogP contribution in [0.4, 0.5) is 0 Å². The van der Waals surface area contributed by atoms with Crippen LogP contribution >= 0.6 is 34.4 Å². The van der Waals surface area contributed by atoms with E-state index in [0.29, 0.717) is 5.92 Å². The van der Waals surface area contributed by atoms with E-state index < -0.39 is 0 Å². The number of rotatable bonds is 3. The maximum absolute atomic E-state index is 2.44. The van der Waals surface area contributed by atoms with Crippen LogP contribution in [0, 0.1) is 0 Å². The summed E-state index contributed by atoms with van der Waals surface area (Å²) in [6.45, 7) is 2.39. The third kappa shape index (κ3) is 3.92. The molecule has 1 aliphatic heterocycles. The van der Waals surface area contributed by atoms with Gasteiger partial charge in [0.1, 0.15) is 0 Å². The first-order valence-electron chi connectivity index (χ1n) is 15.8. The van der Waals surface area contributed by atoms with Crippen LogP contribution in [-0.4, -0.2) is 4.75 Å². The van der Waals surface area contributed by atoms with Crippen LogP contribution in [0.1, 0.15) is 18.4 Å². The molecule has 0 amide bonds. The summed E-state index contributed by atoms with van der Waals surface area (Å²) in [6.07, 6.45) is 9.20. The second-order valence-electron chi connectivity index (χ2n) is 12.6. The van der Waals surface area contributed by atoms with Crippen molar-refractivity contribution in [2.24, 2.45) is 0 Å². The average molecular weight is 641 g/mol. The van der Waals surface area contributed by atoms with E-state index in [0.717, 1.165) is 0 Å². The molecule has 2 aliphatic rings. The number of thioether (sulfide) groups is 1. The normalized spacial score (nSPS) is 18.6. The van der Waals surface area contributed by atoms with Crippen LogP contribution in [0.5, 0.6) is 0 Å². The molecule has 3 heteroatoms. The second kappa shape index (κ2) is 10.0. The summed E-state index contributed by atoms with van der Waals surface area (Å²) in [4.78, 5) is 1.41. The van der Waals surface area contributed by atoms with E-state index in [-0.39, 0.29) is 4.75 Å². The van der Waals surface area contributed by atoms with E-state index in [1.54, 1.807) is 0 Å². The third-order valence-electron chi connectivity index (χ3n) is 9.84. The molecule has 2 unspecified atom stereocenters. The van der Waals surface area contributed by atoms with E-state index >= 15 is 0 Å². The van der Waals surface area contributed by atoms with E-state index in [9.17, 15) is 0 Å². The Kier molecular flexibility index (Phi) is 5.85. The van der Waals surface area contributed by atoms with Crippen molar-refractivity contribution in [3.63, 3.8) is 0 Å². The Morgan fingerprint density at radius 1 is 0.522 bits per heavy atom. The van der Waals surface area contributed by atoms with Crippen LogP contribution in [0.3, 0.4) is 0 Å². The monoisotopic (exact) mass is 640 g/mol. The van der Waals surface area contributed by atoms with Gasteiger partial charge >= 0.3 is 0 Å². The number of hydrogen-bond donors (Lipinski definition) is 0. The van der Waals surface area contributed by atoms with Gasteiger partial charge in [-0.1, -0.05) is 115 Å². The first kappa shape index (κ1) is 26.8. The SMILES string of the molecule is CC12C=CC=CC1c1cccc(-c3cc(-c4cccc5c4sc4ccccc45)cc(-c4cccc5c4sc4ccccc45)c3)c1S2. The fourth-order valence-electron chi connectivity index (χ4n) is 7.63. The predicted octanol–water partition coefficient (Wildman–Crippen LogP) is 13.5. The first-order valence-corrected chi connectivity index (χ1v) is 18.2. The molecule has 0 spiro atoms. The Morgan fingerprint density at radius 2 is 1.04 bits per heavy atom. The molecule has 0 nitrogen and oxygen atoms in total. The first-order chi connectivity index (χ1) is 22.6. The molecule has 0 fully saturated rings. The van der Waals surface area contributed by atoms with Gasteiger partial charge in [-0.2, -0.15) is 0 Å². The minimum absolute atomic E-state index is 0.0406. The summed E-state index contributed by atoms with van der Waals surface area (Å²) >= 11 is 5.84. The highest BCUT2D eigenvalue weighted by atomic mass is 32.2. The summed E-state index contributed by atoms with van der Waals surface area (Å²) in [5.41, 5.74) is 9.20. The molecule has 46 heavy (non-hydrogen) atoms. The van der Waals surface area contributed by atoms with Gasteiger partial charge in [-0.15, -0.1) is 34.4 Å². The van der Waals surface area contributed by atoms with Gasteiger partial charge in [0.25, 0.3) is 0 Å². The van der Waals surface area contributed by atoms with Crippen LogP contribution in [0.15, 0.2) is 151 Å². The summed E-state index contributed by atoms with van der Waals surface area (Å²) in [5.74, 6) is 0.389. The van der Waals surface area contributed by atoms with Gasteiger partial charge in [-0.3, -0.25) is 0 Å². The number of hydrogen-bond acceptors (Lipinski definition) is 3. The van der Waals surface area contributed by atoms with Crippen molar-refractivity contribution in [2.75, 3.05) is 0 Å². The van der Waals surface area contributed by atoms with Gasteiger partial charge in [-0.25, -0.2) is 0 Å². The second-order valence-corrected chi connectivity index (χ2v) is 16.2. The average Bonchev–Trinajstić information content (AvgIpc) is 3.76. The third-order valence-corrected chi connectivity index (χ3v) is 13.8. The number of allylic oxidation sites excluding steroid dienone is 3. The Balaban J connectivity index is 1.25. The maximum atomic E-state index is 2.44. The van der Waals surface area contributed by atoms with Gasteiger partial charge in [-0.05, 0) is 76.2 Å². The Morgan fingerprint density at radius 3 is 1.67 bits per heavy atom. The fourth-order valence-corrected chi connectivity index (χ4v) is 11.6. The van der Waals surface area contributed by atoms with E-state index in [2.05, 4.69) is 153 Å². The quantitative estimate of drug-likeness (QED) is 0.185. The molecule has 3 heterocycles. The van der Waals surface area contributed by atoms with Crippen molar-refractivity contribution in [2.45, 2.75) is 22.5 Å². The van der Waals surface area contributed by atoms with Crippen LogP contribution < -0.4 is 0 Å². The highest BCUT2D eigenvalue weighted by Crippen LogP contribution is 2.58. The lowest BCUT2D eigenvalue weighted by Gasteiger charge is -2.27. The lowest BCUT2D eigenvalue weighted by Crippen LogP contribution is -2.22. The van der Waals surface area contributed by atoms with Gasteiger partial charge in [0.2, 0.25) is 0 Å². The highest BCUT2D eigenvalue weighted by Gasteiger charge is 2.42. The minimum atomic E-state index is 0.0406. The molecule has 6 aromatic carbocycles. The lowest BCUT2D eigenvalue weighted by molar-refractivity contribution is 0.702. The zero-order valence-corrected chi connectivity index (χ0v) is 27.6. The van der Waals surface area contributed by atoms with E-state index in [1.807, 2.05) is 34.4 Å². The van der Waals surface area contributed by atoms with Gasteiger partial charge in [0.05, 0.1) is 0 Å². The minimum Gasteiger partial charge on any atom is -0.135 e. The number of benzene rings is 6. The summed E-state index contributed by atoms with van der Waals surface area (Å²) in [5, 5.41) is 5.35. The van der Waals surface area contributed by atoms with Gasteiger partial charge in [0.15, 0.2) is 0 Å². The highest BCUT2D eigenvalue weighted by molar-refractivity contribution is 8.01. The summed E-state index contributed by atoms with van der Waals surface area (Å²) in [6, 6.07) is 45.6. The molecule has 8 aromatic rings. The molecule has 0 saturated carbocycles. The van der Waals surface area contributed by atoms with Crippen molar-refractivity contribution >= 4 is 74.8 Å². The molecule has 218 valence electrons. The largest absolute Gasteiger partial charge is 0.135 e. The Bertz CT molecular complexity index is 2460. The van der Waals surface area contributed by atoms with E-state index in [4.69, 9.17) is 0 Å². The molecule has 0 bridgehead atoms. The van der Waals surface area contributed by atoms with Crippen LogP contribution in [0.2, 0.25) is 0 Å². The standard InChI is InChI=1S/C43H28S3/c1-43-22-7-6-19-37(43)36-18-10-15-31(42(36)46-43)28-24-26(29-13-8-16-34-32-11-2-4-20-38(32)44-40(29)34)23-27(25-28)30-14-9-17-35-33-12-3-5-21-39(33)45-41(30)35/h2-25,37H,1H3. The molecule has 0 saturated heterocycles. The predicted molar refractivity (Wildman–Crippen MR) is 204 cm³/mol. The number of thiophene rings is 2. The van der Waals surface area contributed by atoms with E-state index in [1.165, 1.54) is 84.2 Å². The van der Waals surface area contributed by atoms with Gasteiger partial charge < -0.3 is 0 Å². The van der Waals surface area contributed by atoms with Crippen LogP contribution in [0.25, 0.3) is 73.7 Å². The molecular formula is C43H28S3. The van der Waals surface area contributed by atoms with Crippen LogP contribution in [-0.2, 0) is 0 Å². The van der Waals surface area contributed by atoms with Gasteiger partial charge in [0, 0.05) is 55.9 Å². The molecular weight excluding hydrogens is 613 g/mol. The summed E-state index contributed by atoms with van der Waals surface area (Å²) in [7, 11) is 0. The maximum Gasteiger partial charge on any atom is 0.0464 e. The topological polar surface area (TPSA) is 0 Å². The molecule has 2 aromatic heterocycles. The Hall–Kier alpha value is -4.41. The molecule has 2 atom stereocenters. The zero-order valence-electron chi connectivity index (χ0n) is 25.2. The van der Waals surface area contributed by atoms with Crippen molar-refractivity contribution in [1.29, 1.82) is 0 Å². The molecule has 0 radical (unpaired) electrons. The fraction of sp³-hybridized carbons (Fsp3) is 0.0698. The number of fused-ring (bicyclic) bond motifs is 9. The zero-order chi connectivity index (χ0) is 30.4. The molecule has 1 aliphatic carbocycles. The lowest BCUT2D eigenvalue weighted by atomic mass is 9.83.